The first-order chi connectivity index (χ1) is 12.4. The molecule has 1 unspecified atom stereocenters. The number of benzene rings is 1. The van der Waals surface area contributed by atoms with Gasteiger partial charge in [-0.25, -0.2) is 4.98 Å². The van der Waals surface area contributed by atoms with E-state index >= 15 is 0 Å². The molecule has 0 amide bonds. The number of nitrogens with zero attached hydrogens (tertiary/aromatic N) is 2. The van der Waals surface area contributed by atoms with Crippen LogP contribution in [0, 0.1) is 6.85 Å². The minimum atomic E-state index is -2.89. The monoisotopic (exact) mass is 291 g/mol. The molecular weight excluding hydrogens is 270 g/mol. The van der Waals surface area contributed by atoms with Crippen LogP contribution in [0.15, 0.2) is 22.9 Å². The summed E-state index contributed by atoms with van der Waals surface area (Å²) in [7, 11) is 0. The molecular formula is C15H15N3O3. The maximum Gasteiger partial charge on any atom is 0.264 e. The zero-order valence-electron chi connectivity index (χ0n) is 16.9. The summed E-state index contributed by atoms with van der Waals surface area (Å²) in [6, 6.07) is -2.92. The molecule has 108 valence electrons. The van der Waals surface area contributed by atoms with Gasteiger partial charge in [-0.1, -0.05) is 6.04 Å². The van der Waals surface area contributed by atoms with Crippen molar-refractivity contribution in [2.24, 2.45) is 0 Å². The number of hydrogen-bond donors (Lipinski definition) is 1. The molecule has 0 saturated heterocycles. The fraction of sp³-hybridized carbons (Fsp3) is 0.333. The number of hydrogen-bond acceptors (Lipinski definition) is 5. The van der Waals surface area contributed by atoms with Gasteiger partial charge >= 0.3 is 0 Å². The second-order valence-electron chi connectivity index (χ2n) is 4.86. The number of aryl methyl sites for hydroxylation is 1. The van der Waals surface area contributed by atoms with Crippen LogP contribution in [0.25, 0.3) is 10.9 Å². The highest BCUT2D eigenvalue weighted by atomic mass is 16.2. The second kappa shape index (κ2) is 4.80. The van der Waals surface area contributed by atoms with Gasteiger partial charge in [-0.2, -0.15) is 0 Å². The molecule has 2 aromatic rings. The smallest absolute Gasteiger partial charge is 0.264 e. The van der Waals surface area contributed by atoms with E-state index < -0.39 is 65.8 Å². The zero-order valence-corrected chi connectivity index (χ0v) is 10.9. The third kappa shape index (κ3) is 2.12. The van der Waals surface area contributed by atoms with E-state index in [0.717, 1.165) is 0 Å². The first kappa shape index (κ1) is 8.07. The van der Waals surface area contributed by atoms with Gasteiger partial charge in [0.1, 0.15) is 11.6 Å². The molecule has 2 N–H and O–H groups in total. The van der Waals surface area contributed by atoms with E-state index in [1.165, 1.54) is 0 Å². The SMILES string of the molecule is [2H]c1c([2H])c(N)c2c(=O)n(C3CCC(=O)CC3=O)c(C([2H])([2H])[2H])nc2c1[2H]. The Morgan fingerprint density at radius 2 is 2.24 bits per heavy atom. The molecule has 0 spiro atoms. The number of fused-ring (bicyclic) bond motifs is 1. The lowest BCUT2D eigenvalue weighted by atomic mass is 9.92. The van der Waals surface area contributed by atoms with E-state index in [4.69, 9.17) is 14.0 Å². The fourth-order valence-corrected chi connectivity index (χ4v) is 2.51. The van der Waals surface area contributed by atoms with E-state index in [9.17, 15) is 14.4 Å². The molecule has 6 nitrogen and oxygen atoms in total. The summed E-state index contributed by atoms with van der Waals surface area (Å²) in [4.78, 5) is 40.8. The van der Waals surface area contributed by atoms with Crippen molar-refractivity contribution in [3.05, 3.63) is 34.3 Å². The number of aromatic nitrogens is 2. The first-order valence-corrected chi connectivity index (χ1v) is 6.31. The molecule has 1 saturated carbocycles. The maximum atomic E-state index is 13.1. The predicted octanol–water partition coefficient (Wildman–Crippen LogP) is 1.15. The molecule has 21 heavy (non-hydrogen) atoms. The number of nitrogen functional groups attached to an aromatic ring is 1. The Morgan fingerprint density at radius 3 is 2.95 bits per heavy atom. The Labute approximate surface area is 129 Å². The normalized spacial score (nSPS) is 23.9. The van der Waals surface area contributed by atoms with Crippen molar-refractivity contribution >= 4 is 28.2 Å². The van der Waals surface area contributed by atoms with E-state index in [1.54, 1.807) is 0 Å². The summed E-state index contributed by atoms with van der Waals surface area (Å²) in [5.74, 6) is -1.61. The van der Waals surface area contributed by atoms with Crippen molar-refractivity contribution in [3.8, 4) is 0 Å². The molecule has 0 radical (unpaired) electrons. The molecule has 1 atom stereocenters. The van der Waals surface area contributed by atoms with Crippen LogP contribution in [0.5, 0.6) is 0 Å². The van der Waals surface area contributed by atoms with E-state index in [2.05, 4.69) is 4.98 Å². The van der Waals surface area contributed by atoms with Crippen molar-refractivity contribution in [2.45, 2.75) is 32.2 Å². The summed E-state index contributed by atoms with van der Waals surface area (Å²) in [6.07, 6.45) is -0.453. The number of carbonyl (C=O) groups excluding carboxylic acids is 2. The highest BCUT2D eigenvalue weighted by Gasteiger charge is 2.30. The average Bonchev–Trinajstić information content (AvgIpc) is 2.57. The fourth-order valence-electron chi connectivity index (χ4n) is 2.51. The maximum absolute atomic E-state index is 13.1. The second-order valence-corrected chi connectivity index (χ2v) is 4.86. The van der Waals surface area contributed by atoms with Gasteiger partial charge in [0.05, 0.1) is 27.5 Å². The van der Waals surface area contributed by atoms with Crippen LogP contribution in [0.3, 0.4) is 0 Å². The Hall–Kier alpha value is -2.50. The molecule has 1 aliphatic carbocycles. The van der Waals surface area contributed by atoms with Crippen LogP contribution in [0.1, 0.15) is 39.4 Å². The van der Waals surface area contributed by atoms with Gasteiger partial charge in [-0.3, -0.25) is 19.0 Å². The number of nitrogens with two attached hydrogens (primary N) is 1. The standard InChI is InChI=1S/C15H15N3O3/c1-8-17-11-4-2-3-10(16)14(11)15(21)18(8)12-6-5-9(19)7-13(12)20/h2-4,12H,5-7,16H2,1H3/i1D3,2D,3D,4D. The number of anilines is 1. The van der Waals surface area contributed by atoms with Crippen molar-refractivity contribution in [1.29, 1.82) is 0 Å². The molecule has 0 aliphatic heterocycles. The molecule has 1 aromatic heterocycles. The summed E-state index contributed by atoms with van der Waals surface area (Å²) in [5, 5.41) is -0.376. The van der Waals surface area contributed by atoms with Gasteiger partial charge in [0, 0.05) is 16.2 Å². The number of carbonyl (C=O) groups is 2. The average molecular weight is 291 g/mol. The quantitative estimate of drug-likeness (QED) is 0.628. The van der Waals surface area contributed by atoms with E-state index in [-0.39, 0.29) is 24.0 Å². The molecule has 1 heterocycles. The van der Waals surface area contributed by atoms with Crippen molar-refractivity contribution in [2.75, 3.05) is 5.73 Å². The summed E-state index contributed by atoms with van der Waals surface area (Å²) in [5.41, 5.74) is 3.99. The predicted molar refractivity (Wildman–Crippen MR) is 78.1 cm³/mol. The third-order valence-electron chi connectivity index (χ3n) is 3.51. The van der Waals surface area contributed by atoms with Crippen LogP contribution < -0.4 is 11.3 Å². The molecule has 0 bridgehead atoms. The van der Waals surface area contributed by atoms with Gasteiger partial charge < -0.3 is 5.73 Å². The first-order valence-electron chi connectivity index (χ1n) is 9.31. The lowest BCUT2D eigenvalue weighted by Gasteiger charge is -2.24. The lowest BCUT2D eigenvalue weighted by molar-refractivity contribution is -0.132. The molecule has 1 aromatic carbocycles. The Morgan fingerprint density at radius 1 is 1.43 bits per heavy atom. The Balaban J connectivity index is 2.46. The van der Waals surface area contributed by atoms with Gasteiger partial charge in [-0.15, -0.1) is 0 Å². The number of ketones is 2. The van der Waals surface area contributed by atoms with E-state index in [1.807, 2.05) is 0 Å². The summed E-state index contributed by atoms with van der Waals surface area (Å²) >= 11 is 0. The minimum absolute atomic E-state index is 0.00977. The van der Waals surface area contributed by atoms with Gasteiger partial charge in [0.15, 0.2) is 5.78 Å². The largest absolute Gasteiger partial charge is 0.398 e. The van der Waals surface area contributed by atoms with Crippen molar-refractivity contribution < 1.29 is 17.8 Å². The van der Waals surface area contributed by atoms with Gasteiger partial charge in [-0.05, 0) is 25.4 Å². The summed E-state index contributed by atoms with van der Waals surface area (Å²) in [6.45, 7) is -2.89. The number of rotatable bonds is 1. The minimum Gasteiger partial charge on any atom is -0.398 e. The molecule has 3 rings (SSSR count). The van der Waals surface area contributed by atoms with Crippen LogP contribution >= 0.6 is 0 Å². The highest BCUT2D eigenvalue weighted by molar-refractivity contribution is 6.03. The number of Topliss-reactive ketones (excluding diaryl/α,β-unsaturated/α-hetero) is 2. The van der Waals surface area contributed by atoms with Gasteiger partial charge in [0.2, 0.25) is 0 Å². The lowest BCUT2D eigenvalue weighted by Crippen LogP contribution is -2.36. The van der Waals surface area contributed by atoms with Crippen LogP contribution in [-0.4, -0.2) is 21.1 Å². The van der Waals surface area contributed by atoms with Crippen LogP contribution in [0.2, 0.25) is 0 Å². The Kier molecular flexibility index (Phi) is 1.84. The topological polar surface area (TPSA) is 95.0 Å². The summed E-state index contributed by atoms with van der Waals surface area (Å²) < 4.78 is 47.2. The van der Waals surface area contributed by atoms with Crippen LogP contribution in [0.4, 0.5) is 5.69 Å². The molecule has 6 heteroatoms. The highest BCUT2D eigenvalue weighted by Crippen LogP contribution is 2.24. The Bertz CT molecular complexity index is 1060. The zero-order chi connectivity index (χ0) is 20.3. The van der Waals surface area contributed by atoms with Crippen molar-refractivity contribution in [1.82, 2.24) is 9.55 Å². The van der Waals surface area contributed by atoms with E-state index in [0.29, 0.717) is 4.57 Å². The van der Waals surface area contributed by atoms with Crippen LogP contribution in [-0.2, 0) is 9.59 Å². The van der Waals surface area contributed by atoms with Crippen molar-refractivity contribution in [3.63, 3.8) is 0 Å². The molecule has 1 aliphatic rings. The third-order valence-corrected chi connectivity index (χ3v) is 3.51. The molecule has 1 fully saturated rings. The van der Waals surface area contributed by atoms with Gasteiger partial charge in [0.25, 0.3) is 5.56 Å².